The number of benzene rings is 1. The third-order valence-corrected chi connectivity index (χ3v) is 4.87. The van der Waals surface area contributed by atoms with E-state index in [1.54, 1.807) is 31.3 Å². The molecule has 3 rings (SSSR count). The van der Waals surface area contributed by atoms with Gasteiger partial charge in [0.25, 0.3) is 0 Å². The summed E-state index contributed by atoms with van der Waals surface area (Å²) in [6, 6.07) is 7.97. The van der Waals surface area contributed by atoms with Crippen LogP contribution >= 0.6 is 0 Å². The molecule has 1 saturated heterocycles. The van der Waals surface area contributed by atoms with Crippen LogP contribution < -0.4 is 0 Å². The molecule has 138 valence electrons. The Labute approximate surface area is 153 Å². The van der Waals surface area contributed by atoms with E-state index in [-0.39, 0.29) is 5.56 Å². The average molecular weight is 357 g/mol. The van der Waals surface area contributed by atoms with Crippen LogP contribution in [-0.4, -0.2) is 52.0 Å². The Bertz CT molecular complexity index is 754. The molecule has 0 spiro atoms. The normalized spacial score (nSPS) is 17.6. The van der Waals surface area contributed by atoms with Crippen molar-refractivity contribution in [1.82, 2.24) is 14.8 Å². The topological polar surface area (TPSA) is 56.7 Å². The van der Waals surface area contributed by atoms with E-state index in [9.17, 15) is 14.3 Å². The Morgan fingerprint density at radius 3 is 2.81 bits per heavy atom. The lowest BCUT2D eigenvalue weighted by molar-refractivity contribution is -0.143. The number of aliphatic carboxylic acids is 1. The van der Waals surface area contributed by atoms with Gasteiger partial charge in [-0.1, -0.05) is 24.3 Å². The lowest BCUT2D eigenvalue weighted by Gasteiger charge is -2.28. The van der Waals surface area contributed by atoms with Gasteiger partial charge in [-0.25, -0.2) is 4.39 Å². The fourth-order valence-corrected chi connectivity index (χ4v) is 3.52. The Balaban J connectivity index is 1.73. The van der Waals surface area contributed by atoms with Crippen molar-refractivity contribution in [2.75, 3.05) is 26.2 Å². The van der Waals surface area contributed by atoms with Crippen LogP contribution in [0.4, 0.5) is 4.39 Å². The molecule has 0 aliphatic carbocycles. The monoisotopic (exact) mass is 357 g/mol. The van der Waals surface area contributed by atoms with Crippen LogP contribution in [-0.2, 0) is 11.3 Å². The third kappa shape index (κ3) is 4.26. The van der Waals surface area contributed by atoms with Crippen LogP contribution in [0.2, 0.25) is 0 Å². The summed E-state index contributed by atoms with van der Waals surface area (Å²) < 4.78 is 14.5. The van der Waals surface area contributed by atoms with Crippen molar-refractivity contribution in [3.8, 4) is 0 Å². The van der Waals surface area contributed by atoms with Gasteiger partial charge in [0.15, 0.2) is 0 Å². The number of nitrogens with zero attached hydrogens (tertiary/aromatic N) is 3. The zero-order valence-electron chi connectivity index (χ0n) is 14.9. The van der Waals surface area contributed by atoms with Crippen LogP contribution in [0.25, 0.3) is 0 Å². The van der Waals surface area contributed by atoms with Crippen molar-refractivity contribution < 1.29 is 14.3 Å². The summed E-state index contributed by atoms with van der Waals surface area (Å²) >= 11 is 0. The number of carboxylic acids is 1. The van der Waals surface area contributed by atoms with Gasteiger partial charge in [-0.15, -0.1) is 0 Å². The van der Waals surface area contributed by atoms with Gasteiger partial charge in [0.1, 0.15) is 11.9 Å². The minimum Gasteiger partial charge on any atom is -0.480 e. The predicted molar refractivity (Wildman–Crippen MR) is 97.2 cm³/mol. The van der Waals surface area contributed by atoms with E-state index in [0.717, 1.165) is 31.6 Å². The number of halogens is 1. The highest BCUT2D eigenvalue weighted by Gasteiger charge is 2.31. The van der Waals surface area contributed by atoms with Crippen molar-refractivity contribution >= 4 is 5.97 Å². The first-order valence-corrected chi connectivity index (χ1v) is 8.89. The number of pyridine rings is 1. The minimum atomic E-state index is -1.00. The van der Waals surface area contributed by atoms with Gasteiger partial charge in [0, 0.05) is 44.1 Å². The first-order valence-electron chi connectivity index (χ1n) is 8.89. The molecule has 1 aliphatic rings. The van der Waals surface area contributed by atoms with E-state index in [2.05, 4.69) is 9.88 Å². The van der Waals surface area contributed by atoms with Crippen molar-refractivity contribution in [2.24, 2.45) is 0 Å². The number of aryl methyl sites for hydroxylation is 1. The van der Waals surface area contributed by atoms with E-state index < -0.39 is 17.8 Å². The van der Waals surface area contributed by atoms with Crippen LogP contribution in [0.1, 0.15) is 29.2 Å². The quantitative estimate of drug-likeness (QED) is 0.892. The Morgan fingerprint density at radius 2 is 2.08 bits per heavy atom. The maximum atomic E-state index is 14.5. The number of carbonyl (C=O) groups is 1. The lowest BCUT2D eigenvalue weighted by atomic mass is 10.0. The Morgan fingerprint density at radius 1 is 1.23 bits per heavy atom. The highest BCUT2D eigenvalue weighted by molar-refractivity contribution is 5.75. The van der Waals surface area contributed by atoms with Crippen molar-refractivity contribution in [2.45, 2.75) is 25.9 Å². The van der Waals surface area contributed by atoms with Gasteiger partial charge in [0.05, 0.1) is 0 Å². The highest BCUT2D eigenvalue weighted by Crippen LogP contribution is 2.27. The Kier molecular flexibility index (Phi) is 5.96. The molecule has 1 unspecified atom stereocenters. The second kappa shape index (κ2) is 8.38. The zero-order valence-corrected chi connectivity index (χ0v) is 14.9. The molecular formula is C20H24FN3O2. The van der Waals surface area contributed by atoms with Gasteiger partial charge in [-0.05, 0) is 37.1 Å². The summed E-state index contributed by atoms with van der Waals surface area (Å²) in [4.78, 5) is 20.2. The first-order chi connectivity index (χ1) is 12.6. The highest BCUT2D eigenvalue weighted by atomic mass is 19.1. The number of carboxylic acid groups (broad SMARTS) is 1. The van der Waals surface area contributed by atoms with Crippen LogP contribution in [0.5, 0.6) is 0 Å². The van der Waals surface area contributed by atoms with Crippen LogP contribution in [0, 0.1) is 12.7 Å². The smallest absolute Gasteiger partial charge is 0.325 e. The van der Waals surface area contributed by atoms with Crippen LogP contribution in [0.15, 0.2) is 42.7 Å². The van der Waals surface area contributed by atoms with Crippen molar-refractivity contribution in [3.05, 3.63) is 65.2 Å². The zero-order chi connectivity index (χ0) is 18.5. The fourth-order valence-electron chi connectivity index (χ4n) is 3.52. The average Bonchev–Trinajstić information content (AvgIpc) is 2.85. The van der Waals surface area contributed by atoms with E-state index in [0.29, 0.717) is 18.7 Å². The molecule has 0 saturated carbocycles. The van der Waals surface area contributed by atoms with E-state index in [1.807, 2.05) is 23.2 Å². The molecule has 1 aliphatic heterocycles. The molecule has 1 aromatic heterocycles. The molecule has 1 N–H and O–H groups in total. The van der Waals surface area contributed by atoms with E-state index >= 15 is 0 Å². The van der Waals surface area contributed by atoms with E-state index in [1.165, 1.54) is 0 Å². The lowest BCUT2D eigenvalue weighted by Crippen LogP contribution is -2.37. The van der Waals surface area contributed by atoms with E-state index in [4.69, 9.17) is 0 Å². The molecule has 1 atom stereocenters. The molecule has 1 fully saturated rings. The van der Waals surface area contributed by atoms with Gasteiger partial charge in [-0.2, -0.15) is 0 Å². The van der Waals surface area contributed by atoms with Gasteiger partial charge >= 0.3 is 5.97 Å². The number of hydrogen-bond acceptors (Lipinski definition) is 4. The largest absolute Gasteiger partial charge is 0.480 e. The summed E-state index contributed by atoms with van der Waals surface area (Å²) in [5.74, 6) is -1.42. The van der Waals surface area contributed by atoms with Gasteiger partial charge in [0.2, 0.25) is 0 Å². The molecule has 5 nitrogen and oxygen atoms in total. The molecule has 0 bridgehead atoms. The summed E-state index contributed by atoms with van der Waals surface area (Å²) in [7, 11) is 0. The molecule has 1 aromatic carbocycles. The maximum Gasteiger partial charge on any atom is 0.325 e. The van der Waals surface area contributed by atoms with Gasteiger partial charge < -0.3 is 5.11 Å². The second-order valence-corrected chi connectivity index (χ2v) is 6.75. The maximum absolute atomic E-state index is 14.5. The molecule has 6 heteroatoms. The number of aromatic nitrogens is 1. The molecule has 0 amide bonds. The van der Waals surface area contributed by atoms with Crippen molar-refractivity contribution in [3.63, 3.8) is 0 Å². The summed E-state index contributed by atoms with van der Waals surface area (Å²) in [5.41, 5.74) is 1.86. The number of hydrogen-bond donors (Lipinski definition) is 1. The van der Waals surface area contributed by atoms with Crippen LogP contribution in [0.3, 0.4) is 0 Å². The molecule has 2 heterocycles. The van der Waals surface area contributed by atoms with Crippen molar-refractivity contribution in [1.29, 1.82) is 0 Å². The summed E-state index contributed by atoms with van der Waals surface area (Å²) in [6.07, 6.45) is 4.45. The molecule has 0 radical (unpaired) electrons. The molecular weight excluding hydrogens is 333 g/mol. The minimum absolute atomic E-state index is 0.248. The summed E-state index contributed by atoms with van der Waals surface area (Å²) in [6.45, 7) is 5.30. The second-order valence-electron chi connectivity index (χ2n) is 6.75. The Hall–Kier alpha value is -2.31. The first kappa shape index (κ1) is 18.5. The van der Waals surface area contributed by atoms with Gasteiger partial charge in [-0.3, -0.25) is 19.6 Å². The molecule has 2 aromatic rings. The number of rotatable bonds is 5. The fraction of sp³-hybridized carbons (Fsp3) is 0.400. The predicted octanol–water partition coefficient (Wildman–Crippen LogP) is 2.86. The molecule has 26 heavy (non-hydrogen) atoms. The SMILES string of the molecule is Cc1cccc(C(C(=O)O)N2CCCN(Cc3cccnc3)CC2)c1F. The third-order valence-electron chi connectivity index (χ3n) is 4.87. The standard InChI is InChI=1S/C20H24FN3O2/c1-15-5-2-7-17(18(15)21)19(20(25)26)24-10-4-9-23(11-12-24)14-16-6-3-8-22-13-16/h2-3,5-8,13,19H,4,9-12,14H2,1H3,(H,25,26). The summed E-state index contributed by atoms with van der Waals surface area (Å²) in [5, 5.41) is 9.76.